The SMILES string of the molecule is CC1CCN(C(=O)C2CCCNC2)C2CCCCC12. The van der Waals surface area contributed by atoms with Crippen molar-refractivity contribution in [1.29, 1.82) is 0 Å². The zero-order valence-corrected chi connectivity index (χ0v) is 12.2. The molecule has 2 heterocycles. The smallest absolute Gasteiger partial charge is 0.227 e. The van der Waals surface area contributed by atoms with Gasteiger partial charge >= 0.3 is 0 Å². The topological polar surface area (TPSA) is 32.3 Å². The fraction of sp³-hybridized carbons (Fsp3) is 0.938. The van der Waals surface area contributed by atoms with Crippen molar-refractivity contribution in [1.82, 2.24) is 10.2 Å². The third-order valence-corrected chi connectivity index (χ3v) is 5.67. The number of fused-ring (bicyclic) bond motifs is 1. The Kier molecular flexibility index (Phi) is 4.11. The van der Waals surface area contributed by atoms with Gasteiger partial charge in [-0.2, -0.15) is 0 Å². The largest absolute Gasteiger partial charge is 0.339 e. The standard InChI is InChI=1S/C16H28N2O/c1-12-8-10-18(15-7-3-2-6-14(12)15)16(19)13-5-4-9-17-11-13/h12-15,17H,2-11H2,1H3. The molecule has 1 amide bonds. The number of nitrogens with one attached hydrogen (secondary N) is 1. The van der Waals surface area contributed by atoms with Crippen molar-refractivity contribution in [3.05, 3.63) is 0 Å². The summed E-state index contributed by atoms with van der Waals surface area (Å²) in [6.07, 6.45) is 8.76. The maximum Gasteiger partial charge on any atom is 0.227 e. The van der Waals surface area contributed by atoms with E-state index >= 15 is 0 Å². The van der Waals surface area contributed by atoms with E-state index in [0.29, 0.717) is 11.9 Å². The van der Waals surface area contributed by atoms with Crippen LogP contribution in [0.4, 0.5) is 0 Å². The van der Waals surface area contributed by atoms with Crippen molar-refractivity contribution in [3.8, 4) is 0 Å². The van der Waals surface area contributed by atoms with Gasteiger partial charge in [0.25, 0.3) is 0 Å². The molecule has 1 saturated carbocycles. The third-order valence-electron chi connectivity index (χ3n) is 5.67. The molecular weight excluding hydrogens is 236 g/mol. The van der Waals surface area contributed by atoms with Crippen LogP contribution < -0.4 is 5.32 Å². The van der Waals surface area contributed by atoms with Gasteiger partial charge in [0, 0.05) is 19.1 Å². The van der Waals surface area contributed by atoms with E-state index in [0.717, 1.165) is 44.3 Å². The molecule has 19 heavy (non-hydrogen) atoms. The highest BCUT2D eigenvalue weighted by atomic mass is 16.2. The van der Waals surface area contributed by atoms with Crippen LogP contribution in [0.1, 0.15) is 51.9 Å². The Morgan fingerprint density at radius 2 is 1.95 bits per heavy atom. The molecule has 3 heteroatoms. The number of hydrogen-bond acceptors (Lipinski definition) is 2. The van der Waals surface area contributed by atoms with E-state index in [1.54, 1.807) is 0 Å². The van der Waals surface area contributed by atoms with Gasteiger partial charge in [0.1, 0.15) is 0 Å². The lowest BCUT2D eigenvalue weighted by atomic mass is 9.72. The minimum Gasteiger partial charge on any atom is -0.339 e. The van der Waals surface area contributed by atoms with Crippen molar-refractivity contribution in [2.24, 2.45) is 17.8 Å². The molecule has 108 valence electrons. The fourth-order valence-electron chi connectivity index (χ4n) is 4.48. The van der Waals surface area contributed by atoms with Crippen LogP contribution in [0.2, 0.25) is 0 Å². The van der Waals surface area contributed by atoms with Gasteiger partial charge in [-0.3, -0.25) is 4.79 Å². The Balaban J connectivity index is 1.70. The molecule has 0 aromatic rings. The van der Waals surface area contributed by atoms with Crippen molar-refractivity contribution < 1.29 is 4.79 Å². The Bertz CT molecular complexity index is 325. The summed E-state index contributed by atoms with van der Waals surface area (Å²) in [5, 5.41) is 3.39. The Morgan fingerprint density at radius 1 is 1.11 bits per heavy atom. The first-order valence-corrected chi connectivity index (χ1v) is 8.28. The summed E-state index contributed by atoms with van der Waals surface area (Å²) in [4.78, 5) is 15.1. The molecule has 3 aliphatic rings. The van der Waals surface area contributed by atoms with Crippen LogP contribution >= 0.6 is 0 Å². The molecule has 4 atom stereocenters. The van der Waals surface area contributed by atoms with Crippen molar-refractivity contribution in [2.45, 2.75) is 57.9 Å². The molecule has 0 radical (unpaired) electrons. The molecule has 0 aromatic carbocycles. The highest BCUT2D eigenvalue weighted by molar-refractivity contribution is 5.79. The average Bonchev–Trinajstić information content (AvgIpc) is 2.48. The number of hydrogen-bond donors (Lipinski definition) is 1. The monoisotopic (exact) mass is 264 g/mol. The van der Waals surface area contributed by atoms with Crippen LogP contribution in [-0.4, -0.2) is 36.5 Å². The highest BCUT2D eigenvalue weighted by Gasteiger charge is 2.40. The van der Waals surface area contributed by atoms with Gasteiger partial charge in [0.15, 0.2) is 0 Å². The van der Waals surface area contributed by atoms with Crippen LogP contribution in [0, 0.1) is 17.8 Å². The maximum absolute atomic E-state index is 12.8. The van der Waals surface area contributed by atoms with Gasteiger partial charge in [0.2, 0.25) is 5.91 Å². The minimum atomic E-state index is 0.254. The zero-order chi connectivity index (χ0) is 13.2. The summed E-state index contributed by atoms with van der Waals surface area (Å²) in [6.45, 7) is 5.40. The summed E-state index contributed by atoms with van der Waals surface area (Å²) in [5.41, 5.74) is 0. The molecule has 3 nitrogen and oxygen atoms in total. The first-order chi connectivity index (χ1) is 9.27. The number of carbonyl (C=O) groups excluding carboxylic acids is 1. The fourth-order valence-corrected chi connectivity index (χ4v) is 4.48. The molecule has 2 saturated heterocycles. The lowest BCUT2D eigenvalue weighted by molar-refractivity contribution is -0.144. The first kappa shape index (κ1) is 13.4. The molecule has 1 N–H and O–H groups in total. The zero-order valence-electron chi connectivity index (χ0n) is 12.2. The van der Waals surface area contributed by atoms with Gasteiger partial charge in [-0.05, 0) is 50.5 Å². The quantitative estimate of drug-likeness (QED) is 0.789. The molecule has 0 aromatic heterocycles. The molecule has 3 rings (SSSR count). The van der Waals surface area contributed by atoms with Gasteiger partial charge in [-0.15, -0.1) is 0 Å². The molecule has 2 aliphatic heterocycles. The molecule has 3 fully saturated rings. The minimum absolute atomic E-state index is 0.254. The summed E-state index contributed by atoms with van der Waals surface area (Å²) >= 11 is 0. The summed E-state index contributed by atoms with van der Waals surface area (Å²) in [6, 6.07) is 0.562. The van der Waals surface area contributed by atoms with Gasteiger partial charge in [-0.1, -0.05) is 19.8 Å². The van der Waals surface area contributed by atoms with Gasteiger partial charge in [0.05, 0.1) is 5.92 Å². The van der Waals surface area contributed by atoms with Crippen LogP contribution in [0.15, 0.2) is 0 Å². The number of carbonyl (C=O) groups is 1. The van der Waals surface area contributed by atoms with E-state index < -0.39 is 0 Å². The molecule has 0 spiro atoms. The van der Waals surface area contributed by atoms with Gasteiger partial charge in [-0.25, -0.2) is 0 Å². The third kappa shape index (κ3) is 2.67. The average molecular weight is 264 g/mol. The van der Waals surface area contributed by atoms with E-state index in [4.69, 9.17) is 0 Å². The van der Waals surface area contributed by atoms with Crippen LogP contribution in [0.5, 0.6) is 0 Å². The number of likely N-dealkylation sites (tertiary alicyclic amines) is 1. The van der Waals surface area contributed by atoms with Crippen LogP contribution in [-0.2, 0) is 4.79 Å². The van der Waals surface area contributed by atoms with Crippen LogP contribution in [0.25, 0.3) is 0 Å². The molecule has 1 aliphatic carbocycles. The number of piperidine rings is 2. The van der Waals surface area contributed by atoms with E-state index in [1.807, 2.05) is 0 Å². The number of rotatable bonds is 1. The predicted octanol–water partition coefficient (Wildman–Crippen LogP) is 2.41. The highest BCUT2D eigenvalue weighted by Crippen LogP contribution is 2.39. The van der Waals surface area contributed by atoms with Crippen LogP contribution in [0.3, 0.4) is 0 Å². The number of nitrogens with zero attached hydrogens (tertiary/aromatic N) is 1. The first-order valence-electron chi connectivity index (χ1n) is 8.28. The Morgan fingerprint density at radius 3 is 2.74 bits per heavy atom. The van der Waals surface area contributed by atoms with Gasteiger partial charge < -0.3 is 10.2 Å². The van der Waals surface area contributed by atoms with Crippen molar-refractivity contribution in [3.63, 3.8) is 0 Å². The normalized spacial score (nSPS) is 39.7. The summed E-state index contributed by atoms with van der Waals surface area (Å²) < 4.78 is 0. The molecule has 0 bridgehead atoms. The second-order valence-corrected chi connectivity index (χ2v) is 6.86. The Labute approximate surface area is 117 Å². The molecule has 4 unspecified atom stereocenters. The van der Waals surface area contributed by atoms with Crippen molar-refractivity contribution in [2.75, 3.05) is 19.6 Å². The maximum atomic E-state index is 12.8. The molecular formula is C16H28N2O. The van der Waals surface area contributed by atoms with Crippen molar-refractivity contribution >= 4 is 5.91 Å². The Hall–Kier alpha value is -0.570. The lowest BCUT2D eigenvalue weighted by Gasteiger charge is -2.48. The van der Waals surface area contributed by atoms with E-state index in [-0.39, 0.29) is 5.92 Å². The summed E-state index contributed by atoms with van der Waals surface area (Å²) in [7, 11) is 0. The van der Waals surface area contributed by atoms with E-state index in [2.05, 4.69) is 17.1 Å². The second-order valence-electron chi connectivity index (χ2n) is 6.86. The van der Waals surface area contributed by atoms with E-state index in [9.17, 15) is 4.79 Å². The lowest BCUT2D eigenvalue weighted by Crippen LogP contribution is -2.55. The van der Waals surface area contributed by atoms with E-state index in [1.165, 1.54) is 32.1 Å². The predicted molar refractivity (Wildman–Crippen MR) is 76.8 cm³/mol. The number of amides is 1. The second kappa shape index (κ2) is 5.82. The summed E-state index contributed by atoms with van der Waals surface area (Å²) in [5.74, 6) is 2.31.